The lowest BCUT2D eigenvalue weighted by Crippen LogP contribution is -2.07. The predicted octanol–water partition coefficient (Wildman–Crippen LogP) is 0.393. The van der Waals surface area contributed by atoms with Gasteiger partial charge >= 0.3 is 0 Å². The lowest BCUT2D eigenvalue weighted by atomic mass is 10.2. The fourth-order valence-electron chi connectivity index (χ4n) is 1.11. The highest BCUT2D eigenvalue weighted by molar-refractivity contribution is 7.86. The Balaban J connectivity index is 3.80. The normalized spacial score (nSPS) is 13.9. The Morgan fingerprint density at radius 3 is 1.94 bits per heavy atom. The average molecular weight is 287 g/mol. The molecular formula is C8H17NO6S2. The van der Waals surface area contributed by atoms with Crippen molar-refractivity contribution in [3.63, 3.8) is 0 Å². The van der Waals surface area contributed by atoms with Crippen LogP contribution in [0.25, 0.3) is 0 Å². The van der Waals surface area contributed by atoms with Gasteiger partial charge in [-0.05, 0) is 26.2 Å². The largest absolute Gasteiger partial charge is 0.294 e. The SMILES string of the molecule is C/C(CCCS(=O)(=O)O)=N\CCCS(=O)(=O)O. The number of nitrogens with zero attached hydrogens (tertiary/aromatic N) is 1. The first-order valence-electron chi connectivity index (χ1n) is 5.00. The zero-order valence-corrected chi connectivity index (χ0v) is 11.2. The van der Waals surface area contributed by atoms with Crippen molar-refractivity contribution < 1.29 is 25.9 Å². The van der Waals surface area contributed by atoms with Crippen molar-refractivity contribution in [2.45, 2.75) is 26.2 Å². The van der Waals surface area contributed by atoms with E-state index >= 15 is 0 Å². The summed E-state index contributed by atoms with van der Waals surface area (Å²) in [6.07, 6.45) is 0.909. The number of hydrogen-bond acceptors (Lipinski definition) is 5. The molecule has 9 heteroatoms. The minimum Gasteiger partial charge on any atom is -0.294 e. The van der Waals surface area contributed by atoms with Crippen LogP contribution in [0.2, 0.25) is 0 Å². The standard InChI is InChI=1S/C8H17NO6S2/c1-8(4-2-6-16(10,11)12)9-5-3-7-17(13,14)15/h2-7H2,1H3,(H,10,11,12)(H,13,14,15)/b9-8+. The van der Waals surface area contributed by atoms with E-state index in [1.165, 1.54) is 0 Å². The van der Waals surface area contributed by atoms with Gasteiger partial charge in [-0.3, -0.25) is 14.1 Å². The molecule has 0 atom stereocenters. The highest BCUT2D eigenvalue weighted by Crippen LogP contribution is 1.98. The van der Waals surface area contributed by atoms with E-state index in [1.807, 2.05) is 0 Å². The summed E-state index contributed by atoms with van der Waals surface area (Å²) in [6, 6.07) is 0. The first kappa shape index (κ1) is 16.5. The molecule has 0 aromatic heterocycles. The van der Waals surface area contributed by atoms with E-state index in [-0.39, 0.29) is 30.9 Å². The molecule has 0 rings (SSSR count). The summed E-state index contributed by atoms with van der Waals surface area (Å²) in [6.45, 7) is 1.95. The molecule has 17 heavy (non-hydrogen) atoms. The lowest BCUT2D eigenvalue weighted by molar-refractivity contribution is 0.479. The molecule has 0 aromatic carbocycles. The summed E-state index contributed by atoms with van der Waals surface area (Å²) in [5.41, 5.74) is 0.684. The van der Waals surface area contributed by atoms with E-state index in [1.54, 1.807) is 6.92 Å². The van der Waals surface area contributed by atoms with Gasteiger partial charge in [0.25, 0.3) is 20.2 Å². The molecule has 0 fully saturated rings. The maximum Gasteiger partial charge on any atom is 0.264 e. The van der Waals surface area contributed by atoms with Crippen LogP contribution in [0.4, 0.5) is 0 Å². The first-order chi connectivity index (χ1) is 7.60. The zero-order chi connectivity index (χ0) is 13.5. The van der Waals surface area contributed by atoms with Gasteiger partial charge in [0.2, 0.25) is 0 Å². The molecule has 7 nitrogen and oxygen atoms in total. The Morgan fingerprint density at radius 1 is 1.00 bits per heavy atom. The summed E-state index contributed by atoms with van der Waals surface area (Å²) in [5, 5.41) is 0. The van der Waals surface area contributed by atoms with E-state index in [0.29, 0.717) is 12.1 Å². The second-order valence-electron chi connectivity index (χ2n) is 3.65. The minimum absolute atomic E-state index is 0.217. The summed E-state index contributed by atoms with van der Waals surface area (Å²) >= 11 is 0. The molecule has 0 aliphatic rings. The van der Waals surface area contributed by atoms with Crippen molar-refractivity contribution >= 4 is 25.9 Å². The molecule has 0 bridgehead atoms. The molecule has 0 saturated heterocycles. The summed E-state index contributed by atoms with van der Waals surface area (Å²) in [4.78, 5) is 4.01. The van der Waals surface area contributed by atoms with Crippen LogP contribution in [0.5, 0.6) is 0 Å². The number of aliphatic imine (C=N–C) groups is 1. The first-order valence-corrected chi connectivity index (χ1v) is 8.22. The van der Waals surface area contributed by atoms with Crippen molar-refractivity contribution in [2.24, 2.45) is 4.99 Å². The molecule has 0 unspecified atom stereocenters. The Hall–Kier alpha value is -0.510. The highest BCUT2D eigenvalue weighted by atomic mass is 32.2. The number of rotatable bonds is 8. The van der Waals surface area contributed by atoms with Gasteiger partial charge in [-0.25, -0.2) is 0 Å². The monoisotopic (exact) mass is 287 g/mol. The fourth-order valence-corrected chi connectivity index (χ4v) is 2.11. The lowest BCUT2D eigenvalue weighted by Gasteiger charge is -2.00. The van der Waals surface area contributed by atoms with E-state index in [0.717, 1.165) is 0 Å². The van der Waals surface area contributed by atoms with Gasteiger partial charge in [-0.15, -0.1) is 0 Å². The van der Waals surface area contributed by atoms with Gasteiger partial charge in [-0.1, -0.05) is 0 Å². The average Bonchev–Trinajstić information content (AvgIpc) is 2.09. The molecule has 0 aliphatic carbocycles. The molecule has 0 amide bonds. The number of hydrogen-bond donors (Lipinski definition) is 2. The molecule has 0 radical (unpaired) electrons. The van der Waals surface area contributed by atoms with Gasteiger partial charge in [-0.2, -0.15) is 16.8 Å². The molecule has 0 heterocycles. The second-order valence-corrected chi connectivity index (χ2v) is 6.79. The molecule has 0 spiro atoms. The molecular weight excluding hydrogens is 270 g/mol. The third-order valence-corrected chi connectivity index (χ3v) is 3.49. The van der Waals surface area contributed by atoms with E-state index in [2.05, 4.69) is 4.99 Å². The molecule has 0 saturated carbocycles. The highest BCUT2D eigenvalue weighted by Gasteiger charge is 2.05. The smallest absolute Gasteiger partial charge is 0.264 e. The molecule has 2 N–H and O–H groups in total. The fraction of sp³-hybridized carbons (Fsp3) is 0.875. The van der Waals surface area contributed by atoms with Crippen molar-refractivity contribution in [2.75, 3.05) is 18.1 Å². The van der Waals surface area contributed by atoms with Crippen LogP contribution in [0, 0.1) is 0 Å². The van der Waals surface area contributed by atoms with Gasteiger partial charge in [0.15, 0.2) is 0 Å². The quantitative estimate of drug-likeness (QED) is 0.378. The summed E-state index contributed by atoms with van der Waals surface area (Å²) < 4.78 is 58.5. The Labute approximate surface area is 101 Å². The van der Waals surface area contributed by atoms with Crippen molar-refractivity contribution in [3.8, 4) is 0 Å². The Kier molecular flexibility index (Phi) is 6.83. The van der Waals surface area contributed by atoms with Crippen LogP contribution in [0.3, 0.4) is 0 Å². The van der Waals surface area contributed by atoms with E-state index in [9.17, 15) is 16.8 Å². The summed E-state index contributed by atoms with van der Waals surface area (Å²) in [5.74, 6) is -0.653. The van der Waals surface area contributed by atoms with Crippen molar-refractivity contribution in [3.05, 3.63) is 0 Å². The van der Waals surface area contributed by atoms with Gasteiger partial charge in [0.1, 0.15) is 0 Å². The Bertz CT molecular complexity index is 450. The van der Waals surface area contributed by atoms with Crippen LogP contribution in [0.15, 0.2) is 4.99 Å². The van der Waals surface area contributed by atoms with Gasteiger partial charge < -0.3 is 0 Å². The van der Waals surface area contributed by atoms with E-state index in [4.69, 9.17) is 9.11 Å². The second kappa shape index (κ2) is 7.04. The molecule has 0 aliphatic heterocycles. The van der Waals surface area contributed by atoms with Gasteiger partial charge in [0.05, 0.1) is 11.5 Å². The molecule has 102 valence electrons. The van der Waals surface area contributed by atoms with E-state index < -0.39 is 20.2 Å². The van der Waals surface area contributed by atoms with Crippen LogP contribution < -0.4 is 0 Å². The minimum atomic E-state index is -3.94. The van der Waals surface area contributed by atoms with Crippen LogP contribution in [-0.2, 0) is 20.2 Å². The van der Waals surface area contributed by atoms with Crippen LogP contribution in [-0.4, -0.2) is 49.7 Å². The van der Waals surface area contributed by atoms with Crippen molar-refractivity contribution in [1.29, 1.82) is 0 Å². The molecule has 0 aromatic rings. The van der Waals surface area contributed by atoms with Crippen molar-refractivity contribution in [1.82, 2.24) is 0 Å². The predicted molar refractivity (Wildman–Crippen MR) is 64.7 cm³/mol. The van der Waals surface area contributed by atoms with Crippen LogP contribution >= 0.6 is 0 Å². The maximum absolute atomic E-state index is 10.4. The Morgan fingerprint density at radius 2 is 1.47 bits per heavy atom. The van der Waals surface area contributed by atoms with Crippen LogP contribution in [0.1, 0.15) is 26.2 Å². The zero-order valence-electron chi connectivity index (χ0n) is 9.53. The third kappa shape index (κ3) is 13.4. The third-order valence-electron chi connectivity index (χ3n) is 1.88. The topological polar surface area (TPSA) is 121 Å². The summed E-state index contributed by atoms with van der Waals surface area (Å²) in [7, 11) is -7.87. The maximum atomic E-state index is 10.4. The van der Waals surface area contributed by atoms with Gasteiger partial charge in [0, 0.05) is 12.3 Å².